The van der Waals surface area contributed by atoms with Crippen molar-refractivity contribution in [2.75, 3.05) is 16.0 Å². The molecule has 1 saturated carbocycles. The fraction of sp³-hybridized carbons (Fsp3) is 0.333. The standard InChI is InChI=1S/C21H21FN2O2S/c22-16-6-3-7-18(12-16)24-19(25)13-27-21(24)15-8-10-17(11-9-15)23-20(26)14-4-1-2-5-14/h3,6-12,14,21H,1-2,4-5,13H2,(H,23,26)/t21-/m0/s1. The van der Waals surface area contributed by atoms with E-state index in [1.165, 1.54) is 23.9 Å². The van der Waals surface area contributed by atoms with E-state index in [1.807, 2.05) is 24.3 Å². The number of nitrogens with one attached hydrogen (secondary N) is 1. The van der Waals surface area contributed by atoms with Crippen molar-refractivity contribution in [2.24, 2.45) is 5.92 Å². The van der Waals surface area contributed by atoms with E-state index in [-0.39, 0.29) is 28.9 Å². The molecule has 1 aliphatic carbocycles. The van der Waals surface area contributed by atoms with Gasteiger partial charge in [-0.25, -0.2) is 4.39 Å². The highest BCUT2D eigenvalue weighted by Gasteiger charge is 2.34. The van der Waals surface area contributed by atoms with Crippen LogP contribution in [0.4, 0.5) is 15.8 Å². The van der Waals surface area contributed by atoms with Gasteiger partial charge in [0.25, 0.3) is 0 Å². The molecule has 1 aliphatic heterocycles. The zero-order valence-electron chi connectivity index (χ0n) is 14.9. The minimum atomic E-state index is -0.360. The Kier molecular flexibility index (Phi) is 5.16. The number of benzene rings is 2. The highest BCUT2D eigenvalue weighted by atomic mass is 32.2. The second-order valence-corrected chi connectivity index (χ2v) is 8.07. The Morgan fingerprint density at radius 1 is 1.11 bits per heavy atom. The van der Waals surface area contributed by atoms with Gasteiger partial charge in [-0.1, -0.05) is 31.0 Å². The third-order valence-corrected chi connectivity index (χ3v) is 6.36. The van der Waals surface area contributed by atoms with Crippen LogP contribution in [0.5, 0.6) is 0 Å². The molecule has 1 heterocycles. The monoisotopic (exact) mass is 384 g/mol. The zero-order chi connectivity index (χ0) is 18.8. The number of rotatable bonds is 4. The zero-order valence-corrected chi connectivity index (χ0v) is 15.7. The molecule has 6 heteroatoms. The van der Waals surface area contributed by atoms with Gasteiger partial charge in [0.05, 0.1) is 5.75 Å². The van der Waals surface area contributed by atoms with Gasteiger partial charge in [-0.15, -0.1) is 11.8 Å². The predicted molar refractivity (Wildman–Crippen MR) is 106 cm³/mol. The highest BCUT2D eigenvalue weighted by molar-refractivity contribution is 8.00. The lowest BCUT2D eigenvalue weighted by Crippen LogP contribution is -2.27. The van der Waals surface area contributed by atoms with Crippen molar-refractivity contribution in [3.8, 4) is 0 Å². The molecule has 4 rings (SSSR count). The number of halogens is 1. The van der Waals surface area contributed by atoms with Crippen molar-refractivity contribution in [3.63, 3.8) is 0 Å². The molecular formula is C21H21FN2O2S. The first kappa shape index (κ1) is 18.0. The number of anilines is 2. The lowest BCUT2D eigenvalue weighted by molar-refractivity contribution is -0.119. The van der Waals surface area contributed by atoms with Crippen LogP contribution in [0.1, 0.15) is 36.6 Å². The molecule has 1 N–H and O–H groups in total. The quantitative estimate of drug-likeness (QED) is 0.829. The Hall–Kier alpha value is -2.34. The number of amides is 2. The van der Waals surface area contributed by atoms with Gasteiger partial charge in [-0.3, -0.25) is 14.5 Å². The Balaban J connectivity index is 1.50. The molecular weight excluding hydrogens is 363 g/mol. The molecule has 2 aromatic carbocycles. The Bertz CT molecular complexity index is 850. The van der Waals surface area contributed by atoms with Crippen molar-refractivity contribution in [3.05, 3.63) is 59.9 Å². The first-order valence-corrected chi connectivity index (χ1v) is 10.3. The van der Waals surface area contributed by atoms with Crippen molar-refractivity contribution < 1.29 is 14.0 Å². The fourth-order valence-corrected chi connectivity index (χ4v) is 4.92. The van der Waals surface area contributed by atoms with E-state index in [4.69, 9.17) is 0 Å². The Morgan fingerprint density at radius 3 is 2.56 bits per heavy atom. The van der Waals surface area contributed by atoms with Crippen molar-refractivity contribution >= 4 is 35.0 Å². The Labute approximate surface area is 162 Å². The second kappa shape index (κ2) is 7.72. The van der Waals surface area contributed by atoms with Crippen LogP contribution in [0.25, 0.3) is 0 Å². The van der Waals surface area contributed by atoms with Crippen LogP contribution in [0, 0.1) is 11.7 Å². The van der Waals surface area contributed by atoms with Crippen LogP contribution in [0.15, 0.2) is 48.5 Å². The average Bonchev–Trinajstić information content (AvgIpc) is 3.32. The van der Waals surface area contributed by atoms with Gasteiger partial charge in [0.2, 0.25) is 11.8 Å². The van der Waals surface area contributed by atoms with E-state index in [0.717, 1.165) is 36.9 Å². The number of carbonyl (C=O) groups excluding carboxylic acids is 2. The smallest absolute Gasteiger partial charge is 0.238 e. The molecule has 1 saturated heterocycles. The molecule has 0 spiro atoms. The van der Waals surface area contributed by atoms with Crippen LogP contribution in [0.2, 0.25) is 0 Å². The van der Waals surface area contributed by atoms with Gasteiger partial charge in [0.15, 0.2) is 0 Å². The lowest BCUT2D eigenvalue weighted by Gasteiger charge is -2.24. The van der Waals surface area contributed by atoms with E-state index < -0.39 is 0 Å². The molecule has 2 aromatic rings. The summed E-state index contributed by atoms with van der Waals surface area (Å²) in [7, 11) is 0. The third kappa shape index (κ3) is 3.86. The van der Waals surface area contributed by atoms with E-state index in [0.29, 0.717) is 11.4 Å². The summed E-state index contributed by atoms with van der Waals surface area (Å²) in [5, 5.41) is 2.79. The summed E-state index contributed by atoms with van der Waals surface area (Å²) in [6, 6.07) is 13.7. The lowest BCUT2D eigenvalue weighted by atomic mass is 10.1. The predicted octanol–water partition coefficient (Wildman–Crippen LogP) is 4.73. The molecule has 1 atom stereocenters. The van der Waals surface area contributed by atoms with Crippen molar-refractivity contribution in [1.82, 2.24) is 0 Å². The molecule has 2 amide bonds. The minimum absolute atomic E-state index is 0.0331. The number of hydrogen-bond donors (Lipinski definition) is 1. The topological polar surface area (TPSA) is 49.4 Å². The summed E-state index contributed by atoms with van der Waals surface area (Å²) in [6.07, 6.45) is 4.18. The van der Waals surface area contributed by atoms with Gasteiger partial charge >= 0.3 is 0 Å². The van der Waals surface area contributed by atoms with Crippen LogP contribution < -0.4 is 10.2 Å². The number of thioether (sulfide) groups is 1. The average molecular weight is 384 g/mol. The summed E-state index contributed by atoms with van der Waals surface area (Å²) in [4.78, 5) is 26.3. The van der Waals surface area contributed by atoms with Gasteiger partial charge in [-0.2, -0.15) is 0 Å². The van der Waals surface area contributed by atoms with Gasteiger partial charge in [-0.05, 0) is 48.7 Å². The molecule has 0 radical (unpaired) electrons. The third-order valence-electron chi connectivity index (χ3n) is 5.14. The summed E-state index contributed by atoms with van der Waals surface area (Å²) in [5.41, 5.74) is 2.28. The van der Waals surface area contributed by atoms with E-state index in [2.05, 4.69) is 5.32 Å². The molecule has 4 nitrogen and oxygen atoms in total. The molecule has 140 valence electrons. The van der Waals surface area contributed by atoms with Crippen molar-refractivity contribution in [2.45, 2.75) is 31.1 Å². The summed E-state index contributed by atoms with van der Waals surface area (Å²) in [6.45, 7) is 0. The minimum Gasteiger partial charge on any atom is -0.326 e. The van der Waals surface area contributed by atoms with E-state index in [9.17, 15) is 14.0 Å². The number of nitrogens with zero attached hydrogens (tertiary/aromatic N) is 1. The molecule has 2 aliphatic rings. The molecule has 27 heavy (non-hydrogen) atoms. The first-order chi connectivity index (χ1) is 13.1. The largest absolute Gasteiger partial charge is 0.326 e. The number of hydrogen-bond acceptors (Lipinski definition) is 3. The molecule has 0 unspecified atom stereocenters. The molecule has 0 aromatic heterocycles. The van der Waals surface area contributed by atoms with E-state index in [1.54, 1.807) is 17.0 Å². The first-order valence-electron chi connectivity index (χ1n) is 9.22. The van der Waals surface area contributed by atoms with Gasteiger partial charge in [0.1, 0.15) is 11.2 Å². The Morgan fingerprint density at radius 2 is 1.85 bits per heavy atom. The van der Waals surface area contributed by atoms with Crippen LogP contribution in [0.3, 0.4) is 0 Å². The normalized spacial score (nSPS) is 20.3. The number of carbonyl (C=O) groups is 2. The SMILES string of the molecule is O=C(Nc1ccc([C@@H]2SCC(=O)N2c2cccc(F)c2)cc1)C1CCCC1. The fourth-order valence-electron chi connectivity index (χ4n) is 3.74. The summed E-state index contributed by atoms with van der Waals surface area (Å²) >= 11 is 1.52. The van der Waals surface area contributed by atoms with Gasteiger partial charge in [0, 0.05) is 17.3 Å². The maximum Gasteiger partial charge on any atom is 0.238 e. The van der Waals surface area contributed by atoms with Gasteiger partial charge < -0.3 is 5.32 Å². The maximum atomic E-state index is 13.6. The van der Waals surface area contributed by atoms with E-state index >= 15 is 0 Å². The highest BCUT2D eigenvalue weighted by Crippen LogP contribution is 2.42. The molecule has 0 bridgehead atoms. The van der Waals surface area contributed by atoms with Crippen LogP contribution in [-0.4, -0.2) is 17.6 Å². The summed E-state index contributed by atoms with van der Waals surface area (Å²) < 4.78 is 13.6. The second-order valence-electron chi connectivity index (χ2n) is 7.00. The molecule has 2 fully saturated rings. The van der Waals surface area contributed by atoms with Crippen LogP contribution in [-0.2, 0) is 9.59 Å². The van der Waals surface area contributed by atoms with Crippen LogP contribution >= 0.6 is 11.8 Å². The summed E-state index contributed by atoms with van der Waals surface area (Å²) in [5.74, 6) is 0.180. The maximum absolute atomic E-state index is 13.6. The van der Waals surface area contributed by atoms with Crippen molar-refractivity contribution in [1.29, 1.82) is 0 Å².